The number of carbonyl (C=O) groups excluding carboxylic acids is 1. The lowest BCUT2D eigenvalue weighted by molar-refractivity contribution is -0.356. The van der Waals surface area contributed by atoms with E-state index in [-0.39, 0.29) is 232 Å². The molecule has 0 aliphatic carbocycles. The molecule has 1 spiro atoms. The topological polar surface area (TPSA) is 287 Å². The Kier molecular flexibility index (Phi) is 21.7. The number of carboxylic acids is 1. The molecule has 0 aromatic carbocycles. The summed E-state index contributed by atoms with van der Waals surface area (Å²) in [4.78, 5) is 25.6. The maximum Gasteiger partial charge on any atom is 0.308 e. The molecule has 23 rings (SSSR count). The highest BCUT2D eigenvalue weighted by molar-refractivity contribution is 5.70. The maximum atomic E-state index is 14.1. The van der Waals surface area contributed by atoms with Gasteiger partial charge in [-0.25, -0.2) is 0 Å². The van der Waals surface area contributed by atoms with Crippen LogP contribution in [-0.2, 0) is 119 Å². The van der Waals surface area contributed by atoms with Crippen molar-refractivity contribution in [3.8, 4) is 0 Å². The Balaban J connectivity index is 0.000000149. The van der Waals surface area contributed by atoms with Crippen LogP contribution in [0.2, 0.25) is 0 Å². The molecule has 115 heavy (non-hydrogen) atoms. The number of aliphatic hydroxyl groups is 1. The molecule has 8 unspecified atom stereocenters. The Morgan fingerprint density at radius 1 is 0.426 bits per heavy atom. The van der Waals surface area contributed by atoms with Crippen LogP contribution < -0.4 is 0 Å². The quantitative estimate of drug-likeness (QED) is 0.152. The third kappa shape index (κ3) is 15.4. The number of fused-ring (bicyclic) bond motifs is 11. The monoisotopic (exact) mass is 1610 g/mol. The van der Waals surface area contributed by atoms with Gasteiger partial charge in [0.2, 0.25) is 0 Å². The van der Waals surface area contributed by atoms with Crippen LogP contribution in [0.4, 0.5) is 0 Å². The first-order chi connectivity index (χ1) is 55.1. The van der Waals surface area contributed by atoms with Gasteiger partial charge in [0.05, 0.1) is 166 Å². The van der Waals surface area contributed by atoms with Crippen molar-refractivity contribution in [3.63, 3.8) is 0 Å². The fraction of sp³-hybridized carbons (Fsp3) is 0.886. The number of ether oxygens (including phenoxy) is 23. The molecule has 0 aromatic heterocycles. The first-order valence-corrected chi connectivity index (χ1v) is 44.4. The van der Waals surface area contributed by atoms with Gasteiger partial charge in [-0.3, -0.25) is 9.59 Å². The summed E-state index contributed by atoms with van der Waals surface area (Å²) in [6.45, 7) is 35.1. The summed E-state index contributed by atoms with van der Waals surface area (Å²) in [5, 5.41) is 20.9. The van der Waals surface area contributed by atoms with Gasteiger partial charge in [0.1, 0.15) is 79.4 Å². The molecule has 0 radical (unpaired) electrons. The van der Waals surface area contributed by atoms with Crippen molar-refractivity contribution in [1.29, 1.82) is 0 Å². The number of hydrogen-bond acceptors (Lipinski definition) is 26. The molecule has 0 saturated carbocycles. The van der Waals surface area contributed by atoms with Crippen LogP contribution in [-0.4, -0.2) is 278 Å². The van der Waals surface area contributed by atoms with Gasteiger partial charge in [0.15, 0.2) is 23.1 Å². The van der Waals surface area contributed by atoms with Crippen LogP contribution in [0.3, 0.4) is 0 Å². The SMILES string of the molecule is C=C1C(C[C@@H]2O[C@H]3C[C@H]4OC(C)(C)OC[C@H]4O[C@H]3[C@H](C)[C@H]2O)O[C@@H](CC[C@@H]2O[C@@H](CC[C@@]34CC5O[C@H]6C(O3)[C@H]3O[C@@H](CC(=O)O)CC[C@@H]3O[C@H]6C5O4)CC2=C)C[C@H]1C.C=C1C2C[C@@H]3O[C@H]4C[C@H]5OC(C)(C)OC[C@H]5O[C@H]4[C@H](C)[C@H]3OC(=O)C[C@H]3CC[C@@H]4O[C@H]5C6O[C@]7(CC[C@H]8CC(=C)[C@H](CC[C@@H](C[C@H]1C)O2)O8)CC6O[C@H]5C(O7)[C@H]4O3. The van der Waals surface area contributed by atoms with E-state index in [9.17, 15) is 19.8 Å². The summed E-state index contributed by atoms with van der Waals surface area (Å²) in [5.41, 5.74) is 4.36. The van der Waals surface area contributed by atoms with Crippen LogP contribution >= 0.6 is 0 Å². The highest BCUT2D eigenvalue weighted by atomic mass is 16.8. The molecule has 42 atom stereocenters. The van der Waals surface area contributed by atoms with E-state index in [1.54, 1.807) is 0 Å². The molecular formula is C88H126O27. The Morgan fingerprint density at radius 2 is 1.02 bits per heavy atom. The zero-order chi connectivity index (χ0) is 79.2. The molecule has 0 aromatic rings. The minimum atomic E-state index is -0.866. The van der Waals surface area contributed by atoms with Gasteiger partial charge < -0.3 is 119 Å². The predicted octanol–water partition coefficient (Wildman–Crippen LogP) is 9.51. The summed E-state index contributed by atoms with van der Waals surface area (Å²) in [5.74, 6) is -3.88. The van der Waals surface area contributed by atoms with E-state index in [2.05, 4.69) is 54.0 Å². The molecule has 23 heterocycles. The minimum absolute atomic E-state index is 0.00215. The fourth-order valence-corrected chi connectivity index (χ4v) is 24.6. The van der Waals surface area contributed by atoms with Crippen LogP contribution in [0.5, 0.6) is 0 Å². The van der Waals surface area contributed by atoms with Crippen molar-refractivity contribution in [3.05, 3.63) is 48.6 Å². The summed E-state index contributed by atoms with van der Waals surface area (Å²) in [7, 11) is 0. The lowest BCUT2D eigenvalue weighted by Crippen LogP contribution is -2.64. The van der Waals surface area contributed by atoms with Gasteiger partial charge in [-0.2, -0.15) is 0 Å². The molecule has 27 heteroatoms. The largest absolute Gasteiger partial charge is 0.481 e. The molecule has 27 nitrogen and oxygen atoms in total. The van der Waals surface area contributed by atoms with Gasteiger partial charge >= 0.3 is 11.9 Å². The van der Waals surface area contributed by atoms with E-state index in [1.165, 1.54) is 0 Å². The average Bonchev–Trinajstić information content (AvgIpc) is 1.55. The summed E-state index contributed by atoms with van der Waals surface area (Å²) in [6, 6.07) is 0. The van der Waals surface area contributed by atoms with Crippen molar-refractivity contribution in [2.75, 3.05) is 13.2 Å². The summed E-state index contributed by atoms with van der Waals surface area (Å²) >= 11 is 0. The predicted molar refractivity (Wildman–Crippen MR) is 404 cm³/mol. The lowest BCUT2D eigenvalue weighted by atomic mass is 9.79. The summed E-state index contributed by atoms with van der Waals surface area (Å²) in [6.07, 6.45) is 8.05. The molecule has 23 aliphatic heterocycles. The zero-order valence-corrected chi connectivity index (χ0v) is 68.4. The molecular weight excluding hydrogens is 1490 g/mol. The molecule has 640 valence electrons. The number of esters is 1. The van der Waals surface area contributed by atoms with Crippen molar-refractivity contribution >= 4 is 11.9 Å². The van der Waals surface area contributed by atoms with Gasteiger partial charge in [-0.05, 0) is 152 Å². The average molecular weight is 1620 g/mol. The van der Waals surface area contributed by atoms with E-state index in [4.69, 9.17) is 109 Å². The molecule has 23 aliphatic rings. The number of carbonyl (C=O) groups is 2. The Hall–Kier alpha value is -3.02. The normalized spacial score (nSPS) is 54.2. The van der Waals surface area contributed by atoms with Crippen molar-refractivity contribution in [2.45, 2.75) is 452 Å². The molecule has 23 saturated heterocycles. The molecule has 23 fully saturated rings. The second-order valence-corrected chi connectivity index (χ2v) is 39.4. The number of aliphatic carboxylic acids is 1. The Bertz CT molecular complexity index is 3650. The summed E-state index contributed by atoms with van der Waals surface area (Å²) < 4.78 is 152. The second kappa shape index (κ2) is 31.0. The Labute approximate surface area is 675 Å². The highest BCUT2D eigenvalue weighted by Crippen LogP contribution is 2.58. The third-order valence-electron chi connectivity index (χ3n) is 30.6. The van der Waals surface area contributed by atoms with E-state index in [0.29, 0.717) is 77.4 Å². The Morgan fingerprint density at radius 3 is 1.76 bits per heavy atom. The van der Waals surface area contributed by atoms with E-state index < -0.39 is 59.6 Å². The van der Waals surface area contributed by atoms with Gasteiger partial charge in [-0.1, -0.05) is 54.0 Å². The van der Waals surface area contributed by atoms with E-state index in [0.717, 1.165) is 99.3 Å². The van der Waals surface area contributed by atoms with E-state index in [1.807, 2.05) is 27.7 Å². The number of aliphatic hydroxyl groups excluding tert-OH is 1. The smallest absolute Gasteiger partial charge is 0.308 e. The first-order valence-electron chi connectivity index (χ1n) is 44.4. The lowest BCUT2D eigenvalue weighted by Gasteiger charge is -2.53. The van der Waals surface area contributed by atoms with Crippen molar-refractivity contribution in [1.82, 2.24) is 0 Å². The highest BCUT2D eigenvalue weighted by Gasteiger charge is 2.71. The van der Waals surface area contributed by atoms with Crippen molar-refractivity contribution in [2.24, 2.45) is 23.7 Å². The van der Waals surface area contributed by atoms with Crippen LogP contribution in [0.25, 0.3) is 0 Å². The maximum absolute atomic E-state index is 14.1. The fourth-order valence-electron chi connectivity index (χ4n) is 24.6. The number of hydrogen-bond donors (Lipinski definition) is 2. The number of carboxylic acid groups (broad SMARTS) is 1. The van der Waals surface area contributed by atoms with Gasteiger partial charge in [-0.15, -0.1) is 0 Å². The molecule has 18 bridgehead atoms. The van der Waals surface area contributed by atoms with Gasteiger partial charge in [0, 0.05) is 63.2 Å². The minimum Gasteiger partial charge on any atom is -0.481 e. The molecule has 0 amide bonds. The van der Waals surface area contributed by atoms with Gasteiger partial charge in [0.25, 0.3) is 0 Å². The first kappa shape index (κ1) is 80.4. The molecule has 2 N–H and O–H groups in total. The second-order valence-electron chi connectivity index (χ2n) is 39.4. The standard InChI is InChI=1S/C44H64O14.C44H62O13/c1-20-13-24(50-29(22(20)3)16-31-36(47)23(4)37-32(52-31)17-30-34(55-37)19-48-43(5,6)56-30)7-9-27-21(2)14-26(49-27)11-12-44-18-33-39(57-44)40-41(54-33)42(58-44)38-28(53-40)10-8-25(51-38)15-35(45)46;1-20-13-24-7-9-27-21(2)14-26(47-27)11-12-44-18-33-39(56-44)40-41(52-33)42(57-44)38-28(51-40)10-8-25(49-38)15-35(45)54-37-23(4)36-32(50-31(37)16-29(48-24)22(20)3)17-30-34(53-36)19-46-43(5,6)55-30/h20,23-34,36-42,47H,2-3,7-19H2,1,4-6H3,(H,45,46);20,23-34,36-42H,2-3,7-19H2,1,4-6H3/t20-,23-,24+,25-,26+,27+,28+,29?,30-,31+,32+,33?,34-,36-,37+,38+,39?,40+,41-,42?,44+;20-,23+,24+,25-,26+,27+,28+,29?,30-,31+,32+,33?,34-,36+,37-,38+,39?,40+,41-,42?,44+/m11/s1. The van der Waals surface area contributed by atoms with Crippen LogP contribution in [0.15, 0.2) is 48.6 Å². The van der Waals surface area contributed by atoms with Crippen LogP contribution in [0.1, 0.15) is 209 Å². The number of rotatable bonds is 10. The third-order valence-corrected chi connectivity index (χ3v) is 30.6. The van der Waals surface area contributed by atoms with E-state index >= 15 is 0 Å². The van der Waals surface area contributed by atoms with Crippen LogP contribution in [0, 0.1) is 23.7 Å². The van der Waals surface area contributed by atoms with Crippen molar-refractivity contribution < 1.29 is 129 Å². The zero-order valence-electron chi connectivity index (χ0n) is 68.4.